The van der Waals surface area contributed by atoms with Crippen LogP contribution in [0.15, 0.2) is 42.7 Å². The summed E-state index contributed by atoms with van der Waals surface area (Å²) < 4.78 is 0. The third kappa shape index (κ3) is 2.89. The Morgan fingerprint density at radius 1 is 1.29 bits per heavy atom. The van der Waals surface area contributed by atoms with Gasteiger partial charge in [0.15, 0.2) is 0 Å². The maximum Gasteiger partial charge on any atom is 0.254 e. The van der Waals surface area contributed by atoms with Crippen LogP contribution in [-0.4, -0.2) is 21.8 Å². The van der Waals surface area contributed by atoms with Gasteiger partial charge in [-0.1, -0.05) is 6.07 Å². The summed E-state index contributed by atoms with van der Waals surface area (Å²) in [5.41, 5.74) is 9.26. The molecule has 1 heterocycles. The minimum absolute atomic E-state index is 0.0686. The smallest absolute Gasteiger partial charge is 0.254 e. The van der Waals surface area contributed by atoms with Gasteiger partial charge >= 0.3 is 0 Å². The van der Waals surface area contributed by atoms with Crippen molar-refractivity contribution in [2.75, 3.05) is 5.73 Å². The number of aromatic nitrogens is 1. The highest BCUT2D eigenvalue weighted by Gasteiger charge is 2.33. The first kappa shape index (κ1) is 13.6. The van der Waals surface area contributed by atoms with Gasteiger partial charge in [-0.25, -0.2) is 0 Å². The van der Waals surface area contributed by atoms with Crippen LogP contribution in [-0.2, 0) is 6.54 Å². The summed E-state index contributed by atoms with van der Waals surface area (Å²) in [4.78, 5) is 18.8. The van der Waals surface area contributed by atoms with Crippen LogP contribution in [0, 0.1) is 6.92 Å². The molecule has 108 valence electrons. The highest BCUT2D eigenvalue weighted by Crippen LogP contribution is 2.30. The summed E-state index contributed by atoms with van der Waals surface area (Å²) in [5, 5.41) is 0. The van der Waals surface area contributed by atoms with Gasteiger partial charge in [-0.3, -0.25) is 9.78 Å². The van der Waals surface area contributed by atoms with E-state index < -0.39 is 0 Å². The molecular weight excluding hydrogens is 262 g/mol. The summed E-state index contributed by atoms with van der Waals surface area (Å²) in [6.07, 6.45) is 5.68. The van der Waals surface area contributed by atoms with E-state index >= 15 is 0 Å². The predicted molar refractivity (Wildman–Crippen MR) is 82.7 cm³/mol. The lowest BCUT2D eigenvalue weighted by molar-refractivity contribution is 0.0729. The number of amides is 1. The maximum atomic E-state index is 12.9. The first-order valence-electron chi connectivity index (χ1n) is 7.22. The fraction of sp³-hybridized carbons (Fsp3) is 0.294. The number of benzene rings is 1. The van der Waals surface area contributed by atoms with E-state index in [1.54, 1.807) is 12.4 Å². The summed E-state index contributed by atoms with van der Waals surface area (Å²) >= 11 is 0. The van der Waals surface area contributed by atoms with Crippen molar-refractivity contribution in [3.05, 3.63) is 59.4 Å². The van der Waals surface area contributed by atoms with E-state index in [-0.39, 0.29) is 5.91 Å². The Kier molecular flexibility index (Phi) is 3.60. The van der Waals surface area contributed by atoms with Crippen molar-refractivity contribution >= 4 is 11.6 Å². The molecule has 1 saturated carbocycles. The minimum atomic E-state index is 0.0686. The first-order chi connectivity index (χ1) is 10.2. The number of pyridine rings is 1. The maximum absolute atomic E-state index is 12.9. The lowest BCUT2D eigenvalue weighted by Gasteiger charge is -2.23. The molecule has 1 aromatic carbocycles. The zero-order valence-electron chi connectivity index (χ0n) is 12.1. The van der Waals surface area contributed by atoms with Crippen LogP contribution in [0.3, 0.4) is 0 Å². The van der Waals surface area contributed by atoms with Crippen LogP contribution >= 0.6 is 0 Å². The Hall–Kier alpha value is -2.36. The van der Waals surface area contributed by atoms with Gasteiger partial charge in [-0.2, -0.15) is 0 Å². The second-order valence-electron chi connectivity index (χ2n) is 5.54. The van der Waals surface area contributed by atoms with Gasteiger partial charge in [0.2, 0.25) is 0 Å². The third-order valence-electron chi connectivity index (χ3n) is 3.96. The molecule has 1 aliphatic carbocycles. The van der Waals surface area contributed by atoms with Crippen molar-refractivity contribution in [2.45, 2.75) is 32.4 Å². The first-order valence-corrected chi connectivity index (χ1v) is 7.22. The third-order valence-corrected chi connectivity index (χ3v) is 3.96. The average molecular weight is 281 g/mol. The number of nitrogens with zero attached hydrogens (tertiary/aromatic N) is 2. The van der Waals surface area contributed by atoms with E-state index in [1.807, 2.05) is 42.2 Å². The topological polar surface area (TPSA) is 59.2 Å². The Morgan fingerprint density at radius 3 is 2.67 bits per heavy atom. The monoisotopic (exact) mass is 281 g/mol. The summed E-state index contributed by atoms with van der Waals surface area (Å²) in [5.74, 6) is 0.0686. The van der Waals surface area contributed by atoms with Crippen LogP contribution in [0.25, 0.3) is 0 Å². The van der Waals surface area contributed by atoms with E-state index in [1.165, 1.54) is 0 Å². The average Bonchev–Trinajstić information content (AvgIpc) is 3.33. The van der Waals surface area contributed by atoms with Gasteiger partial charge in [0, 0.05) is 36.2 Å². The fourth-order valence-electron chi connectivity index (χ4n) is 2.48. The van der Waals surface area contributed by atoms with Crippen molar-refractivity contribution in [1.82, 2.24) is 9.88 Å². The van der Waals surface area contributed by atoms with Crippen LogP contribution in [0.4, 0.5) is 5.69 Å². The molecule has 1 aromatic heterocycles. The van der Waals surface area contributed by atoms with Gasteiger partial charge in [0.05, 0.1) is 0 Å². The van der Waals surface area contributed by atoms with E-state index in [0.29, 0.717) is 23.8 Å². The molecule has 4 nitrogen and oxygen atoms in total. The predicted octanol–water partition coefficient (Wildman–Crippen LogP) is 2.78. The van der Waals surface area contributed by atoms with Crippen molar-refractivity contribution < 1.29 is 4.79 Å². The van der Waals surface area contributed by atoms with Gasteiger partial charge in [0.1, 0.15) is 0 Å². The zero-order valence-corrected chi connectivity index (χ0v) is 12.1. The molecule has 4 heteroatoms. The lowest BCUT2D eigenvalue weighted by atomic mass is 10.1. The van der Waals surface area contributed by atoms with Gasteiger partial charge in [-0.15, -0.1) is 0 Å². The standard InChI is InChI=1S/C17H19N3O/c1-12-15(3-2-4-16(12)18)17(21)20(14-5-6-14)11-13-7-9-19-10-8-13/h2-4,7-10,14H,5-6,11,18H2,1H3. The molecule has 0 unspecified atom stereocenters. The molecule has 0 bridgehead atoms. The second kappa shape index (κ2) is 5.56. The molecule has 0 atom stereocenters. The Morgan fingerprint density at radius 2 is 2.00 bits per heavy atom. The molecule has 2 N–H and O–H groups in total. The molecule has 1 aliphatic rings. The number of nitrogens with two attached hydrogens (primary N) is 1. The molecule has 0 spiro atoms. The fourth-order valence-corrected chi connectivity index (χ4v) is 2.48. The largest absolute Gasteiger partial charge is 0.398 e. The number of carbonyl (C=O) groups excluding carboxylic acids is 1. The van der Waals surface area contributed by atoms with E-state index in [0.717, 1.165) is 24.0 Å². The van der Waals surface area contributed by atoms with Gasteiger partial charge in [0.25, 0.3) is 5.91 Å². The molecule has 1 amide bonds. The Labute approximate surface area is 124 Å². The molecule has 1 fully saturated rings. The lowest BCUT2D eigenvalue weighted by Crippen LogP contribution is -2.33. The van der Waals surface area contributed by atoms with E-state index in [9.17, 15) is 4.79 Å². The van der Waals surface area contributed by atoms with Crippen molar-refractivity contribution in [3.8, 4) is 0 Å². The van der Waals surface area contributed by atoms with Crippen LogP contribution < -0.4 is 5.73 Å². The number of carbonyl (C=O) groups is 1. The van der Waals surface area contributed by atoms with Gasteiger partial charge in [-0.05, 0) is 55.2 Å². The minimum Gasteiger partial charge on any atom is -0.398 e. The van der Waals surface area contributed by atoms with Crippen molar-refractivity contribution in [1.29, 1.82) is 0 Å². The highest BCUT2D eigenvalue weighted by atomic mass is 16.2. The molecular formula is C17H19N3O. The molecule has 2 aromatic rings. The summed E-state index contributed by atoms with van der Waals surface area (Å²) in [7, 11) is 0. The van der Waals surface area contributed by atoms with E-state index in [4.69, 9.17) is 5.73 Å². The molecule has 0 saturated heterocycles. The Bertz CT molecular complexity index is 650. The Balaban J connectivity index is 1.87. The number of hydrogen-bond donors (Lipinski definition) is 1. The number of nitrogen functional groups attached to an aromatic ring is 1. The summed E-state index contributed by atoms with van der Waals surface area (Å²) in [6.45, 7) is 2.53. The molecule has 21 heavy (non-hydrogen) atoms. The second-order valence-corrected chi connectivity index (χ2v) is 5.54. The van der Waals surface area contributed by atoms with Gasteiger partial charge < -0.3 is 10.6 Å². The highest BCUT2D eigenvalue weighted by molar-refractivity contribution is 5.97. The van der Waals surface area contributed by atoms with Crippen LogP contribution in [0.5, 0.6) is 0 Å². The number of rotatable bonds is 4. The normalized spacial score (nSPS) is 14.0. The molecule has 0 radical (unpaired) electrons. The quantitative estimate of drug-likeness (QED) is 0.877. The van der Waals surface area contributed by atoms with Crippen LogP contribution in [0.2, 0.25) is 0 Å². The molecule has 3 rings (SSSR count). The molecule has 0 aliphatic heterocycles. The van der Waals surface area contributed by atoms with Crippen molar-refractivity contribution in [3.63, 3.8) is 0 Å². The number of hydrogen-bond acceptors (Lipinski definition) is 3. The summed E-state index contributed by atoms with van der Waals surface area (Å²) in [6, 6.07) is 9.79. The zero-order chi connectivity index (χ0) is 14.8. The van der Waals surface area contributed by atoms with E-state index in [2.05, 4.69) is 4.98 Å². The van der Waals surface area contributed by atoms with Crippen LogP contribution in [0.1, 0.15) is 34.3 Å². The SMILES string of the molecule is Cc1c(N)cccc1C(=O)N(Cc1ccncc1)C1CC1. The number of anilines is 1. The van der Waals surface area contributed by atoms with Crippen molar-refractivity contribution in [2.24, 2.45) is 0 Å².